The Kier molecular flexibility index (Phi) is 2.65. The van der Waals surface area contributed by atoms with Crippen LogP contribution < -0.4 is 5.19 Å². The van der Waals surface area contributed by atoms with Crippen molar-refractivity contribution in [2.45, 2.75) is 6.92 Å². The summed E-state index contributed by atoms with van der Waals surface area (Å²) in [5.74, 6) is 0. The van der Waals surface area contributed by atoms with Gasteiger partial charge in [-0.3, -0.25) is 0 Å². The monoisotopic (exact) mass is 152 g/mol. The van der Waals surface area contributed by atoms with Crippen LogP contribution in [0.3, 0.4) is 0 Å². The van der Waals surface area contributed by atoms with Gasteiger partial charge in [0.25, 0.3) is 0 Å². The summed E-state index contributed by atoms with van der Waals surface area (Å²) in [6.45, 7) is 2.07. The Morgan fingerprint density at radius 1 is 1.30 bits per heavy atom. The van der Waals surface area contributed by atoms with Crippen molar-refractivity contribution in [1.29, 1.82) is 0 Å². The highest BCUT2D eigenvalue weighted by Crippen LogP contribution is 1.91. The first kappa shape index (κ1) is 7.50. The molecule has 0 saturated carbocycles. The summed E-state index contributed by atoms with van der Waals surface area (Å²) < 4.78 is 0. The van der Waals surface area contributed by atoms with Gasteiger partial charge in [0.05, 0.1) is 9.52 Å². The van der Waals surface area contributed by atoms with Crippen LogP contribution in [0.5, 0.6) is 0 Å². The molecule has 0 aliphatic heterocycles. The highest BCUT2D eigenvalue weighted by Gasteiger charge is 1.89. The first-order valence-electron chi connectivity index (χ1n) is 3.49. The summed E-state index contributed by atoms with van der Waals surface area (Å²) in [5.41, 5.74) is 1.29. The van der Waals surface area contributed by atoms with Crippen molar-refractivity contribution >= 4 is 14.7 Å². The lowest BCUT2D eigenvalue weighted by Gasteiger charge is -1.96. The maximum atomic E-state index is 8.65. The van der Waals surface area contributed by atoms with Crippen LogP contribution in [0.25, 0.3) is 0 Å². The predicted molar refractivity (Wildman–Crippen MR) is 46.4 cm³/mol. The highest BCUT2D eigenvalue weighted by atomic mass is 28.2. The van der Waals surface area contributed by atoms with E-state index in [4.69, 9.17) is 5.11 Å². The molecule has 54 valence electrons. The molecule has 0 aromatic heterocycles. The minimum absolute atomic E-state index is 0.361. The number of aliphatic hydroxyl groups excluding tert-OH is 1. The fourth-order valence-corrected chi connectivity index (χ4v) is 1.71. The molecule has 10 heavy (non-hydrogen) atoms. The number of aliphatic hydroxyl groups is 1. The lowest BCUT2D eigenvalue weighted by molar-refractivity contribution is 0.367. The summed E-state index contributed by atoms with van der Waals surface area (Å²) in [6, 6.07) is 8.41. The summed E-state index contributed by atoms with van der Waals surface area (Å²) in [7, 11) is -0.361. The van der Waals surface area contributed by atoms with Gasteiger partial charge in [0.1, 0.15) is 0 Å². The van der Waals surface area contributed by atoms with Crippen LogP contribution in [0.1, 0.15) is 5.56 Å². The Balaban J connectivity index is 2.69. The van der Waals surface area contributed by atoms with Gasteiger partial charge in [0.15, 0.2) is 0 Å². The Hall–Kier alpha value is -0.603. The smallest absolute Gasteiger partial charge is 0.0845 e. The molecule has 0 aliphatic carbocycles. The third-order valence-electron chi connectivity index (χ3n) is 1.52. The Bertz CT molecular complexity index is 193. The fraction of sp³-hybridized carbons (Fsp3) is 0.250. The molecule has 0 aliphatic rings. The minimum atomic E-state index is -0.361. The Morgan fingerprint density at radius 3 is 2.40 bits per heavy atom. The van der Waals surface area contributed by atoms with Crippen molar-refractivity contribution < 1.29 is 5.11 Å². The van der Waals surface area contributed by atoms with Crippen LogP contribution in [0, 0.1) is 6.92 Å². The van der Waals surface area contributed by atoms with Gasteiger partial charge >= 0.3 is 0 Å². The Labute approximate surface area is 63.5 Å². The molecule has 1 aromatic rings. The molecule has 0 bridgehead atoms. The van der Waals surface area contributed by atoms with Gasteiger partial charge in [0, 0.05) is 6.23 Å². The molecule has 0 saturated heterocycles. The lowest BCUT2D eigenvalue weighted by Crippen LogP contribution is -2.16. The number of aryl methyl sites for hydroxylation is 1. The zero-order valence-corrected chi connectivity index (χ0v) is 7.59. The number of rotatable bonds is 2. The summed E-state index contributed by atoms with van der Waals surface area (Å²) in [5, 5.41) is 9.99. The van der Waals surface area contributed by atoms with Gasteiger partial charge in [-0.05, 0) is 6.92 Å². The van der Waals surface area contributed by atoms with Gasteiger partial charge in [-0.15, -0.1) is 0 Å². The van der Waals surface area contributed by atoms with Crippen LogP contribution in [0.4, 0.5) is 0 Å². The highest BCUT2D eigenvalue weighted by molar-refractivity contribution is 6.53. The van der Waals surface area contributed by atoms with E-state index in [1.807, 2.05) is 0 Å². The van der Waals surface area contributed by atoms with Gasteiger partial charge in [-0.2, -0.15) is 0 Å². The second-order valence-electron chi connectivity index (χ2n) is 2.46. The quantitative estimate of drug-likeness (QED) is 0.579. The van der Waals surface area contributed by atoms with Crippen LogP contribution >= 0.6 is 0 Å². The molecule has 0 heterocycles. The molecule has 0 radical (unpaired) electrons. The molecular weight excluding hydrogens is 140 g/mol. The SMILES string of the molecule is Cc1ccc([SiH2]CO)cc1. The van der Waals surface area contributed by atoms with Crippen molar-refractivity contribution in [1.82, 2.24) is 0 Å². The van der Waals surface area contributed by atoms with E-state index in [1.165, 1.54) is 10.8 Å². The van der Waals surface area contributed by atoms with E-state index >= 15 is 0 Å². The topological polar surface area (TPSA) is 20.2 Å². The van der Waals surface area contributed by atoms with E-state index in [1.54, 1.807) is 0 Å². The first-order valence-corrected chi connectivity index (χ1v) is 5.20. The molecule has 0 amide bonds. The van der Waals surface area contributed by atoms with Gasteiger partial charge < -0.3 is 5.11 Å². The molecule has 0 spiro atoms. The average molecular weight is 152 g/mol. The summed E-state index contributed by atoms with van der Waals surface area (Å²) in [6.07, 6.45) is 0.378. The van der Waals surface area contributed by atoms with E-state index < -0.39 is 0 Å². The minimum Gasteiger partial charge on any atom is -0.400 e. The van der Waals surface area contributed by atoms with Gasteiger partial charge in [0.2, 0.25) is 0 Å². The van der Waals surface area contributed by atoms with E-state index in [9.17, 15) is 0 Å². The Morgan fingerprint density at radius 2 is 1.90 bits per heavy atom. The van der Waals surface area contributed by atoms with Crippen molar-refractivity contribution in [3.63, 3.8) is 0 Å². The van der Waals surface area contributed by atoms with Crippen LogP contribution in [-0.2, 0) is 0 Å². The number of hydrogen-bond donors (Lipinski definition) is 1. The maximum absolute atomic E-state index is 8.65. The molecule has 1 nitrogen and oxygen atoms in total. The lowest BCUT2D eigenvalue weighted by atomic mass is 10.2. The van der Waals surface area contributed by atoms with Crippen molar-refractivity contribution in [3.05, 3.63) is 29.8 Å². The molecule has 1 N–H and O–H groups in total. The largest absolute Gasteiger partial charge is 0.400 e. The summed E-state index contributed by atoms with van der Waals surface area (Å²) in [4.78, 5) is 0. The number of hydrogen-bond acceptors (Lipinski definition) is 1. The molecular formula is C8H12OSi. The summed E-state index contributed by atoms with van der Waals surface area (Å²) >= 11 is 0. The van der Waals surface area contributed by atoms with Crippen LogP contribution in [0.15, 0.2) is 24.3 Å². The average Bonchev–Trinajstić information content (AvgIpc) is 1.95. The standard InChI is InChI=1S/C8H12OSi/c1-7-2-4-8(5-3-7)10-6-9/h2-5,9H,6,10H2,1H3. The normalized spacial score (nSPS) is 11.0. The predicted octanol–water partition coefficient (Wildman–Crippen LogP) is -0.261. The van der Waals surface area contributed by atoms with E-state index in [-0.39, 0.29) is 9.52 Å². The molecule has 0 atom stereocenters. The maximum Gasteiger partial charge on any atom is 0.0845 e. The van der Waals surface area contributed by atoms with Gasteiger partial charge in [-0.25, -0.2) is 0 Å². The van der Waals surface area contributed by atoms with E-state index in [0.29, 0.717) is 6.23 Å². The van der Waals surface area contributed by atoms with E-state index in [0.717, 1.165) is 0 Å². The molecule has 1 rings (SSSR count). The fourth-order valence-electron chi connectivity index (χ4n) is 0.884. The third-order valence-corrected chi connectivity index (χ3v) is 2.79. The van der Waals surface area contributed by atoms with Crippen molar-refractivity contribution in [3.8, 4) is 0 Å². The van der Waals surface area contributed by atoms with Crippen LogP contribution in [0.2, 0.25) is 0 Å². The van der Waals surface area contributed by atoms with E-state index in [2.05, 4.69) is 31.2 Å². The molecule has 1 aromatic carbocycles. The first-order chi connectivity index (χ1) is 4.83. The zero-order valence-electron chi connectivity index (χ0n) is 6.17. The third kappa shape index (κ3) is 1.97. The number of benzene rings is 1. The van der Waals surface area contributed by atoms with Crippen molar-refractivity contribution in [2.24, 2.45) is 0 Å². The second-order valence-corrected chi connectivity index (χ2v) is 4.22. The van der Waals surface area contributed by atoms with Crippen LogP contribution in [-0.4, -0.2) is 20.9 Å². The van der Waals surface area contributed by atoms with Crippen molar-refractivity contribution in [2.75, 3.05) is 6.23 Å². The zero-order chi connectivity index (χ0) is 7.40. The molecule has 2 heteroatoms. The second kappa shape index (κ2) is 3.54. The van der Waals surface area contributed by atoms with Gasteiger partial charge in [-0.1, -0.05) is 35.0 Å². The molecule has 0 fully saturated rings. The molecule has 0 unspecified atom stereocenters.